The van der Waals surface area contributed by atoms with Crippen LogP contribution in [0.1, 0.15) is 48.4 Å². The van der Waals surface area contributed by atoms with Crippen LogP contribution in [-0.2, 0) is 28.9 Å². The van der Waals surface area contributed by atoms with Crippen LogP contribution in [0.2, 0.25) is 0 Å². The highest BCUT2D eigenvalue weighted by atomic mass is 16.6. The Bertz CT molecular complexity index is 1480. The van der Waals surface area contributed by atoms with Crippen molar-refractivity contribution in [1.82, 2.24) is 15.3 Å². The molecule has 214 valence electrons. The number of carbonyl (C=O) groups excluding carboxylic acids is 1. The number of aliphatic carboxylic acids is 1. The van der Waals surface area contributed by atoms with Crippen LogP contribution >= 0.6 is 0 Å². The number of aryl methyl sites for hydroxylation is 3. The molecule has 0 aliphatic rings. The summed E-state index contributed by atoms with van der Waals surface area (Å²) in [4.78, 5) is 32.2. The Morgan fingerprint density at radius 3 is 2.41 bits per heavy atom. The second-order valence-corrected chi connectivity index (χ2v) is 10.1. The standard InChI is InChI=1S/C32H35N3O6/c1-20(2)40-32(38)34-19-26-17-27(12-10-23(26)11-14-30(36)37)39-16-15-28-22(4)41-31(35-28)25-8-6-24(7-9-25)29-13-5-21(3)18-33-29/h5-10,12-13,17-18,20H,11,14-16,19H2,1-4H3,(H,34,38)(H,36,37). The smallest absolute Gasteiger partial charge is 0.407 e. The number of nitrogens with zero attached hydrogens (tertiary/aromatic N) is 2. The monoisotopic (exact) mass is 557 g/mol. The predicted octanol–water partition coefficient (Wildman–Crippen LogP) is 6.29. The van der Waals surface area contributed by atoms with Crippen molar-refractivity contribution in [3.8, 4) is 28.5 Å². The number of alkyl carbamates (subject to hydrolysis) is 1. The third kappa shape index (κ3) is 8.41. The average Bonchev–Trinajstić information content (AvgIpc) is 3.31. The minimum Gasteiger partial charge on any atom is -0.493 e. The highest BCUT2D eigenvalue weighted by Crippen LogP contribution is 2.26. The Morgan fingerprint density at radius 2 is 1.73 bits per heavy atom. The number of benzene rings is 2. The Balaban J connectivity index is 1.38. The summed E-state index contributed by atoms with van der Waals surface area (Å²) in [7, 11) is 0. The number of aromatic nitrogens is 2. The van der Waals surface area contributed by atoms with E-state index in [0.717, 1.165) is 45.0 Å². The molecule has 41 heavy (non-hydrogen) atoms. The number of hydrogen-bond donors (Lipinski definition) is 2. The van der Waals surface area contributed by atoms with Crippen molar-refractivity contribution < 1.29 is 28.6 Å². The Labute approximate surface area is 239 Å². The zero-order valence-corrected chi connectivity index (χ0v) is 23.8. The van der Waals surface area contributed by atoms with Gasteiger partial charge in [-0.15, -0.1) is 0 Å². The molecular formula is C32H35N3O6. The summed E-state index contributed by atoms with van der Waals surface area (Å²) in [6, 6.07) is 17.4. The van der Waals surface area contributed by atoms with Crippen LogP contribution < -0.4 is 10.1 Å². The van der Waals surface area contributed by atoms with E-state index in [1.807, 2.05) is 68.6 Å². The van der Waals surface area contributed by atoms with E-state index in [1.54, 1.807) is 19.9 Å². The highest BCUT2D eigenvalue weighted by molar-refractivity contribution is 5.68. The Morgan fingerprint density at radius 1 is 0.976 bits per heavy atom. The van der Waals surface area contributed by atoms with Crippen molar-refractivity contribution in [3.05, 3.63) is 88.9 Å². The minimum absolute atomic E-state index is 0.0109. The van der Waals surface area contributed by atoms with Crippen LogP contribution in [0.25, 0.3) is 22.7 Å². The summed E-state index contributed by atoms with van der Waals surface area (Å²) in [5, 5.41) is 11.8. The molecule has 0 aliphatic carbocycles. The SMILES string of the molecule is Cc1ccc(-c2ccc(-c3nc(CCOc4ccc(CCC(=O)O)c(CNC(=O)OC(C)C)c4)c(C)o3)cc2)nc1. The van der Waals surface area contributed by atoms with Crippen LogP contribution in [-0.4, -0.2) is 39.8 Å². The maximum atomic E-state index is 12.0. The quantitative estimate of drug-likeness (QED) is 0.208. The maximum absolute atomic E-state index is 12.0. The number of rotatable bonds is 12. The molecule has 0 fully saturated rings. The number of hydrogen-bond acceptors (Lipinski definition) is 7. The van der Waals surface area contributed by atoms with Gasteiger partial charge in [0.15, 0.2) is 0 Å². The molecule has 1 amide bonds. The van der Waals surface area contributed by atoms with Gasteiger partial charge in [-0.2, -0.15) is 0 Å². The van der Waals surface area contributed by atoms with E-state index < -0.39 is 12.1 Å². The van der Waals surface area contributed by atoms with Crippen LogP contribution in [0.15, 0.2) is 65.2 Å². The zero-order chi connectivity index (χ0) is 29.4. The van der Waals surface area contributed by atoms with Gasteiger partial charge in [-0.1, -0.05) is 24.3 Å². The molecule has 2 heterocycles. The van der Waals surface area contributed by atoms with E-state index >= 15 is 0 Å². The molecule has 0 aliphatic heterocycles. The Hall–Kier alpha value is -4.66. The maximum Gasteiger partial charge on any atom is 0.407 e. The van der Waals surface area contributed by atoms with Gasteiger partial charge in [-0.3, -0.25) is 9.78 Å². The van der Waals surface area contributed by atoms with Crippen LogP contribution in [0.3, 0.4) is 0 Å². The molecule has 0 atom stereocenters. The van der Waals surface area contributed by atoms with Gasteiger partial charge in [0.2, 0.25) is 5.89 Å². The van der Waals surface area contributed by atoms with E-state index in [4.69, 9.17) is 24.0 Å². The van der Waals surface area contributed by atoms with Crippen molar-refractivity contribution in [2.75, 3.05) is 6.61 Å². The van der Waals surface area contributed by atoms with Gasteiger partial charge in [-0.25, -0.2) is 9.78 Å². The molecule has 2 N–H and O–H groups in total. The second-order valence-electron chi connectivity index (χ2n) is 10.1. The van der Waals surface area contributed by atoms with Gasteiger partial charge in [0.25, 0.3) is 0 Å². The van der Waals surface area contributed by atoms with Crippen molar-refractivity contribution in [1.29, 1.82) is 0 Å². The van der Waals surface area contributed by atoms with Gasteiger partial charge >= 0.3 is 12.1 Å². The van der Waals surface area contributed by atoms with Gasteiger partial charge in [-0.05, 0) is 81.1 Å². The number of carbonyl (C=O) groups is 2. The lowest BCUT2D eigenvalue weighted by Gasteiger charge is -2.14. The van der Waals surface area contributed by atoms with E-state index in [0.29, 0.717) is 31.1 Å². The molecule has 2 aromatic heterocycles. The first-order valence-electron chi connectivity index (χ1n) is 13.6. The lowest BCUT2D eigenvalue weighted by molar-refractivity contribution is -0.136. The molecule has 4 rings (SSSR count). The van der Waals surface area contributed by atoms with E-state index in [9.17, 15) is 9.59 Å². The minimum atomic E-state index is -0.884. The van der Waals surface area contributed by atoms with Crippen LogP contribution in [0.4, 0.5) is 4.79 Å². The van der Waals surface area contributed by atoms with E-state index in [1.165, 1.54) is 0 Å². The molecule has 0 saturated heterocycles. The van der Waals surface area contributed by atoms with Crippen LogP contribution in [0, 0.1) is 13.8 Å². The number of pyridine rings is 1. The summed E-state index contributed by atoms with van der Waals surface area (Å²) in [5.41, 5.74) is 6.33. The third-order valence-corrected chi connectivity index (χ3v) is 6.39. The summed E-state index contributed by atoms with van der Waals surface area (Å²) in [6.45, 7) is 7.99. The molecule has 0 saturated carbocycles. The van der Waals surface area contributed by atoms with Gasteiger partial charge in [0, 0.05) is 36.7 Å². The van der Waals surface area contributed by atoms with Gasteiger partial charge in [0.1, 0.15) is 11.5 Å². The van der Waals surface area contributed by atoms with Crippen molar-refractivity contribution >= 4 is 12.1 Å². The number of ether oxygens (including phenoxy) is 2. The lowest BCUT2D eigenvalue weighted by atomic mass is 10.0. The molecular weight excluding hydrogens is 522 g/mol. The molecule has 2 aromatic carbocycles. The molecule has 0 radical (unpaired) electrons. The number of carboxylic acids is 1. The Kier molecular flexibility index (Phi) is 9.73. The van der Waals surface area contributed by atoms with Gasteiger partial charge < -0.3 is 24.3 Å². The molecule has 9 nitrogen and oxygen atoms in total. The third-order valence-electron chi connectivity index (χ3n) is 6.39. The van der Waals surface area contributed by atoms with Crippen molar-refractivity contribution in [2.45, 2.75) is 59.6 Å². The average molecular weight is 558 g/mol. The molecule has 0 spiro atoms. The molecule has 4 aromatic rings. The summed E-state index contributed by atoms with van der Waals surface area (Å²) in [6.07, 6.45) is 1.94. The fourth-order valence-electron chi connectivity index (χ4n) is 4.24. The highest BCUT2D eigenvalue weighted by Gasteiger charge is 2.14. The fraction of sp³-hybridized carbons (Fsp3) is 0.312. The summed E-state index contributed by atoms with van der Waals surface area (Å²) in [5.74, 6) is 1.00. The van der Waals surface area contributed by atoms with Gasteiger partial charge in [0.05, 0.1) is 24.1 Å². The lowest BCUT2D eigenvalue weighted by Crippen LogP contribution is -2.26. The predicted molar refractivity (Wildman–Crippen MR) is 155 cm³/mol. The summed E-state index contributed by atoms with van der Waals surface area (Å²) >= 11 is 0. The van der Waals surface area contributed by atoms with E-state index in [-0.39, 0.29) is 19.1 Å². The van der Waals surface area contributed by atoms with Crippen LogP contribution in [0.5, 0.6) is 5.75 Å². The molecule has 0 bridgehead atoms. The number of nitrogens with one attached hydrogen (secondary N) is 1. The first-order valence-corrected chi connectivity index (χ1v) is 13.6. The van der Waals surface area contributed by atoms with Crippen molar-refractivity contribution in [2.24, 2.45) is 0 Å². The molecule has 9 heteroatoms. The first-order chi connectivity index (χ1) is 19.7. The number of oxazole rings is 1. The normalized spacial score (nSPS) is 11.0. The first kappa shape index (κ1) is 29.3. The van der Waals surface area contributed by atoms with E-state index in [2.05, 4.69) is 10.3 Å². The topological polar surface area (TPSA) is 124 Å². The second kappa shape index (κ2) is 13.6. The molecule has 0 unspecified atom stereocenters. The summed E-state index contributed by atoms with van der Waals surface area (Å²) < 4.78 is 17.1. The number of amides is 1. The van der Waals surface area contributed by atoms with Crippen molar-refractivity contribution in [3.63, 3.8) is 0 Å². The zero-order valence-electron chi connectivity index (χ0n) is 23.8. The largest absolute Gasteiger partial charge is 0.493 e. The number of carboxylic acid groups (broad SMARTS) is 1. The fourth-order valence-corrected chi connectivity index (χ4v) is 4.24.